The van der Waals surface area contributed by atoms with Gasteiger partial charge in [-0.05, 0) is 60.2 Å². The topological polar surface area (TPSA) is 55.8 Å². The molecule has 0 atom stereocenters. The fourth-order valence-electron chi connectivity index (χ4n) is 3.16. The Morgan fingerprint density at radius 1 is 0.935 bits per heavy atom. The number of methoxy groups -OCH3 is 1. The van der Waals surface area contributed by atoms with E-state index < -0.39 is 0 Å². The van der Waals surface area contributed by atoms with Gasteiger partial charge in [-0.25, -0.2) is 4.90 Å². The van der Waals surface area contributed by atoms with Crippen molar-refractivity contribution in [2.75, 3.05) is 12.0 Å². The molecule has 0 saturated carbocycles. The Balaban J connectivity index is 1.53. The van der Waals surface area contributed by atoms with Crippen molar-refractivity contribution in [3.63, 3.8) is 0 Å². The summed E-state index contributed by atoms with van der Waals surface area (Å²) in [5.41, 5.74) is 3.43. The van der Waals surface area contributed by atoms with Crippen LogP contribution in [0.15, 0.2) is 77.7 Å². The van der Waals surface area contributed by atoms with E-state index in [0.29, 0.717) is 28.7 Å². The standard InChI is InChI=1S/C25H21NO4S/c1-17-8-11-20(12-9-17)26-24(27)23(31-25(26)28)15-19-10-13-21(22(14-19)29-2)30-16-18-6-4-3-5-7-18/h3-15H,16H2,1-2H3/b23-15+. The highest BCUT2D eigenvalue weighted by Crippen LogP contribution is 2.37. The zero-order valence-electron chi connectivity index (χ0n) is 17.2. The molecule has 4 rings (SSSR count). The average Bonchev–Trinajstić information content (AvgIpc) is 3.07. The third-order valence-corrected chi connectivity index (χ3v) is 5.68. The number of aryl methyl sites for hydroxylation is 1. The number of hydrogen-bond donors (Lipinski definition) is 0. The summed E-state index contributed by atoms with van der Waals surface area (Å²) in [5, 5.41) is -0.310. The lowest BCUT2D eigenvalue weighted by Gasteiger charge is -2.12. The molecule has 2 amide bonds. The second-order valence-corrected chi connectivity index (χ2v) is 8.03. The number of nitrogens with zero attached hydrogens (tertiary/aromatic N) is 1. The van der Waals surface area contributed by atoms with E-state index in [-0.39, 0.29) is 11.1 Å². The van der Waals surface area contributed by atoms with Gasteiger partial charge in [-0.15, -0.1) is 0 Å². The lowest BCUT2D eigenvalue weighted by molar-refractivity contribution is -0.113. The van der Waals surface area contributed by atoms with Crippen molar-refractivity contribution in [1.29, 1.82) is 0 Å². The maximum Gasteiger partial charge on any atom is 0.298 e. The van der Waals surface area contributed by atoms with Crippen molar-refractivity contribution >= 4 is 34.7 Å². The number of amides is 2. The minimum Gasteiger partial charge on any atom is -0.493 e. The van der Waals surface area contributed by atoms with Crippen LogP contribution in [-0.2, 0) is 11.4 Å². The van der Waals surface area contributed by atoms with Crippen molar-refractivity contribution in [2.24, 2.45) is 0 Å². The number of hydrogen-bond acceptors (Lipinski definition) is 5. The molecule has 1 aliphatic heterocycles. The number of anilines is 1. The first kappa shape index (κ1) is 20.8. The highest BCUT2D eigenvalue weighted by Gasteiger charge is 2.36. The molecule has 5 nitrogen and oxygen atoms in total. The number of thioether (sulfide) groups is 1. The molecule has 0 aliphatic carbocycles. The first-order valence-electron chi connectivity index (χ1n) is 9.74. The minimum absolute atomic E-state index is 0.310. The molecule has 6 heteroatoms. The van der Waals surface area contributed by atoms with Gasteiger partial charge in [-0.1, -0.05) is 54.1 Å². The van der Waals surface area contributed by atoms with Gasteiger partial charge >= 0.3 is 0 Å². The third-order valence-electron chi connectivity index (χ3n) is 4.81. The number of ether oxygens (including phenoxy) is 2. The van der Waals surface area contributed by atoms with Crippen molar-refractivity contribution in [3.05, 3.63) is 94.4 Å². The smallest absolute Gasteiger partial charge is 0.298 e. The highest BCUT2D eigenvalue weighted by atomic mass is 32.2. The van der Waals surface area contributed by atoms with Crippen LogP contribution in [0.25, 0.3) is 6.08 Å². The molecule has 1 saturated heterocycles. The Bertz CT molecular complexity index is 1140. The second kappa shape index (κ2) is 9.10. The van der Waals surface area contributed by atoms with Crippen LogP contribution in [0.4, 0.5) is 10.5 Å². The zero-order valence-corrected chi connectivity index (χ0v) is 18.0. The summed E-state index contributed by atoms with van der Waals surface area (Å²) in [6.07, 6.45) is 1.70. The third kappa shape index (κ3) is 4.64. The average molecular weight is 432 g/mol. The lowest BCUT2D eigenvalue weighted by Crippen LogP contribution is -2.27. The van der Waals surface area contributed by atoms with Gasteiger partial charge < -0.3 is 9.47 Å². The van der Waals surface area contributed by atoms with E-state index in [0.717, 1.165) is 28.5 Å². The van der Waals surface area contributed by atoms with Gasteiger partial charge in [-0.2, -0.15) is 0 Å². The van der Waals surface area contributed by atoms with Crippen molar-refractivity contribution in [3.8, 4) is 11.5 Å². The van der Waals surface area contributed by atoms with E-state index in [1.807, 2.05) is 55.5 Å². The van der Waals surface area contributed by atoms with Crippen LogP contribution in [0.2, 0.25) is 0 Å². The molecule has 1 heterocycles. The molecule has 0 aromatic heterocycles. The van der Waals surface area contributed by atoms with Crippen LogP contribution in [-0.4, -0.2) is 18.3 Å². The molecule has 0 radical (unpaired) electrons. The van der Waals surface area contributed by atoms with Crippen molar-refractivity contribution < 1.29 is 19.1 Å². The van der Waals surface area contributed by atoms with E-state index in [1.165, 1.54) is 4.90 Å². The molecule has 0 bridgehead atoms. The largest absolute Gasteiger partial charge is 0.493 e. The number of benzene rings is 3. The Morgan fingerprint density at radius 3 is 2.39 bits per heavy atom. The number of carbonyl (C=O) groups is 2. The predicted octanol–water partition coefficient (Wildman–Crippen LogP) is 5.82. The normalized spacial score (nSPS) is 14.9. The maximum atomic E-state index is 12.8. The highest BCUT2D eigenvalue weighted by molar-refractivity contribution is 8.19. The van der Waals surface area contributed by atoms with Crippen LogP contribution in [0.5, 0.6) is 11.5 Å². The Morgan fingerprint density at radius 2 is 1.68 bits per heavy atom. The van der Waals surface area contributed by atoms with Gasteiger partial charge in [0.05, 0.1) is 17.7 Å². The number of rotatable bonds is 6. The molecule has 156 valence electrons. The predicted molar refractivity (Wildman–Crippen MR) is 123 cm³/mol. The van der Waals surface area contributed by atoms with Crippen LogP contribution in [0.3, 0.4) is 0 Å². The molecule has 3 aromatic carbocycles. The van der Waals surface area contributed by atoms with Crippen LogP contribution >= 0.6 is 11.8 Å². The summed E-state index contributed by atoms with van der Waals surface area (Å²) in [5.74, 6) is 0.834. The van der Waals surface area contributed by atoms with Crippen LogP contribution in [0, 0.1) is 6.92 Å². The zero-order chi connectivity index (χ0) is 21.8. The van der Waals surface area contributed by atoms with Crippen LogP contribution in [0.1, 0.15) is 16.7 Å². The number of imide groups is 1. The molecular formula is C25H21NO4S. The molecular weight excluding hydrogens is 410 g/mol. The molecule has 0 unspecified atom stereocenters. The second-order valence-electron chi connectivity index (χ2n) is 7.04. The van der Waals surface area contributed by atoms with Gasteiger partial charge in [0.25, 0.3) is 11.1 Å². The van der Waals surface area contributed by atoms with Gasteiger partial charge in [0.15, 0.2) is 11.5 Å². The molecule has 1 fully saturated rings. The number of carbonyl (C=O) groups excluding carboxylic acids is 2. The van der Waals surface area contributed by atoms with Crippen molar-refractivity contribution in [1.82, 2.24) is 0 Å². The fourth-order valence-corrected chi connectivity index (χ4v) is 4.01. The summed E-state index contributed by atoms with van der Waals surface area (Å²) >= 11 is 0.927. The molecule has 31 heavy (non-hydrogen) atoms. The lowest BCUT2D eigenvalue weighted by atomic mass is 10.1. The summed E-state index contributed by atoms with van der Waals surface area (Å²) in [7, 11) is 1.57. The molecule has 1 aliphatic rings. The fraction of sp³-hybridized carbons (Fsp3) is 0.120. The Hall–Kier alpha value is -3.51. The Kier molecular flexibility index (Phi) is 6.09. The summed E-state index contributed by atoms with van der Waals surface area (Å²) < 4.78 is 11.3. The van der Waals surface area contributed by atoms with Gasteiger partial charge in [0.1, 0.15) is 6.61 Å². The van der Waals surface area contributed by atoms with E-state index >= 15 is 0 Å². The van der Waals surface area contributed by atoms with Crippen molar-refractivity contribution in [2.45, 2.75) is 13.5 Å². The molecule has 3 aromatic rings. The first-order chi connectivity index (χ1) is 15.0. The first-order valence-corrected chi connectivity index (χ1v) is 10.6. The van der Waals surface area contributed by atoms with E-state index in [9.17, 15) is 9.59 Å². The Labute approximate surface area is 185 Å². The van der Waals surface area contributed by atoms with Crippen LogP contribution < -0.4 is 14.4 Å². The van der Waals surface area contributed by atoms with E-state index in [1.54, 1.807) is 37.5 Å². The summed E-state index contributed by atoms with van der Waals surface area (Å²) in [4.78, 5) is 26.9. The quantitative estimate of drug-likeness (QED) is 0.460. The maximum absolute atomic E-state index is 12.8. The van der Waals surface area contributed by atoms with Gasteiger partial charge in [0.2, 0.25) is 0 Å². The van der Waals surface area contributed by atoms with Gasteiger partial charge in [0, 0.05) is 0 Å². The summed E-state index contributed by atoms with van der Waals surface area (Å²) in [6, 6.07) is 22.6. The molecule has 0 spiro atoms. The van der Waals surface area contributed by atoms with Gasteiger partial charge in [-0.3, -0.25) is 9.59 Å². The van der Waals surface area contributed by atoms with E-state index in [4.69, 9.17) is 9.47 Å². The summed E-state index contributed by atoms with van der Waals surface area (Å²) in [6.45, 7) is 2.38. The SMILES string of the molecule is COc1cc(/C=C2/SC(=O)N(c3ccc(C)cc3)C2=O)ccc1OCc1ccccc1. The monoisotopic (exact) mass is 431 g/mol. The van der Waals surface area contributed by atoms with E-state index in [2.05, 4.69) is 0 Å². The molecule has 0 N–H and O–H groups in total. The minimum atomic E-state index is -0.331.